The Bertz CT molecular complexity index is 1120. The number of amides is 2. The van der Waals surface area contributed by atoms with Crippen molar-refractivity contribution in [3.05, 3.63) is 107 Å². The van der Waals surface area contributed by atoms with Crippen LogP contribution < -0.4 is 5.32 Å². The quantitative estimate of drug-likeness (QED) is 0.571. The van der Waals surface area contributed by atoms with E-state index in [1.807, 2.05) is 54.6 Å². The molecule has 6 nitrogen and oxygen atoms in total. The maximum Gasteiger partial charge on any atom is 0.329 e. The zero-order valence-electron chi connectivity index (χ0n) is 18.3. The van der Waals surface area contributed by atoms with Gasteiger partial charge in [-0.25, -0.2) is 4.79 Å². The van der Waals surface area contributed by atoms with Gasteiger partial charge in [0.15, 0.2) is 6.61 Å². The highest BCUT2D eigenvalue weighted by atomic mass is 16.5. The van der Waals surface area contributed by atoms with Crippen LogP contribution in [-0.4, -0.2) is 41.9 Å². The van der Waals surface area contributed by atoms with Crippen molar-refractivity contribution >= 4 is 17.8 Å². The van der Waals surface area contributed by atoms with E-state index in [0.717, 1.165) is 17.5 Å². The topological polar surface area (TPSA) is 75.7 Å². The summed E-state index contributed by atoms with van der Waals surface area (Å²) < 4.78 is 5.37. The monoisotopic (exact) mass is 442 g/mol. The first-order valence-electron chi connectivity index (χ1n) is 11.0. The molecule has 1 atom stereocenters. The van der Waals surface area contributed by atoms with Crippen LogP contribution in [0.3, 0.4) is 0 Å². The van der Waals surface area contributed by atoms with E-state index in [1.165, 1.54) is 5.56 Å². The largest absolute Gasteiger partial charge is 0.454 e. The Hall–Kier alpha value is -3.93. The van der Waals surface area contributed by atoms with Gasteiger partial charge in [0.1, 0.15) is 6.04 Å². The normalized spacial score (nSPS) is 13.5. The molecule has 0 fully saturated rings. The number of carbonyl (C=O) groups is 3. The summed E-state index contributed by atoms with van der Waals surface area (Å²) in [5, 5.41) is 2.76. The molecule has 1 N–H and O–H groups in total. The first-order chi connectivity index (χ1) is 16.1. The van der Waals surface area contributed by atoms with Gasteiger partial charge in [0.2, 0.25) is 0 Å². The Morgan fingerprint density at radius 2 is 1.48 bits per heavy atom. The third-order valence-electron chi connectivity index (χ3n) is 5.73. The Balaban J connectivity index is 1.39. The summed E-state index contributed by atoms with van der Waals surface area (Å²) in [6, 6.07) is 25.2. The van der Waals surface area contributed by atoms with Gasteiger partial charge in [-0.3, -0.25) is 9.59 Å². The second kappa shape index (κ2) is 10.6. The van der Waals surface area contributed by atoms with Gasteiger partial charge in [0, 0.05) is 25.1 Å². The van der Waals surface area contributed by atoms with Crippen LogP contribution in [0.2, 0.25) is 0 Å². The second-order valence-electron chi connectivity index (χ2n) is 8.02. The predicted octanol–water partition coefficient (Wildman–Crippen LogP) is 3.16. The molecule has 4 rings (SSSR count). The molecule has 3 aromatic rings. The number of nitrogens with zero attached hydrogens (tertiary/aromatic N) is 1. The second-order valence-corrected chi connectivity index (χ2v) is 8.02. The molecule has 0 radical (unpaired) electrons. The van der Waals surface area contributed by atoms with E-state index in [0.29, 0.717) is 18.7 Å². The average Bonchev–Trinajstić information content (AvgIpc) is 2.87. The van der Waals surface area contributed by atoms with Crippen LogP contribution in [-0.2, 0) is 33.7 Å². The molecule has 2 amide bonds. The van der Waals surface area contributed by atoms with Gasteiger partial charge in [-0.05, 0) is 35.2 Å². The third-order valence-corrected chi connectivity index (χ3v) is 5.73. The van der Waals surface area contributed by atoms with E-state index >= 15 is 0 Å². The summed E-state index contributed by atoms with van der Waals surface area (Å²) in [5.74, 6) is -1.24. The summed E-state index contributed by atoms with van der Waals surface area (Å²) in [5.41, 5.74) is 3.68. The molecule has 0 aliphatic carbocycles. The van der Waals surface area contributed by atoms with Crippen LogP contribution in [0, 0.1) is 0 Å². The van der Waals surface area contributed by atoms with E-state index in [2.05, 4.69) is 11.4 Å². The van der Waals surface area contributed by atoms with Gasteiger partial charge in [0.25, 0.3) is 11.8 Å². The molecular formula is C27H26N2O4. The fraction of sp³-hybridized carbons (Fsp3) is 0.222. The van der Waals surface area contributed by atoms with Crippen molar-refractivity contribution in [1.29, 1.82) is 0 Å². The SMILES string of the molecule is O=C(N[C@@H](Cc1ccccc1)C(=O)OCC(=O)N1CCc2ccccc2C1)c1ccccc1. The lowest BCUT2D eigenvalue weighted by molar-refractivity contribution is -0.154. The highest BCUT2D eigenvalue weighted by Gasteiger charge is 2.26. The summed E-state index contributed by atoms with van der Waals surface area (Å²) in [7, 11) is 0. The standard InChI is InChI=1S/C27H26N2O4/c30-25(29-16-15-21-11-7-8-14-23(21)18-29)19-33-27(32)24(17-20-9-3-1-4-10-20)28-26(31)22-12-5-2-6-13-22/h1-14,24H,15-19H2,(H,28,31)/t24-/m0/s1. The Labute approximate surface area is 193 Å². The number of ether oxygens (including phenoxy) is 1. The number of carbonyl (C=O) groups excluding carboxylic acids is 3. The van der Waals surface area contributed by atoms with Crippen LogP contribution in [0.1, 0.15) is 27.0 Å². The first kappa shape index (κ1) is 22.3. The molecule has 1 aliphatic rings. The van der Waals surface area contributed by atoms with Gasteiger partial charge in [-0.2, -0.15) is 0 Å². The van der Waals surface area contributed by atoms with Crippen LogP contribution in [0.4, 0.5) is 0 Å². The predicted molar refractivity (Wildman–Crippen MR) is 124 cm³/mol. The third kappa shape index (κ3) is 5.86. The fourth-order valence-electron chi connectivity index (χ4n) is 3.91. The van der Waals surface area contributed by atoms with E-state index < -0.39 is 12.0 Å². The number of nitrogens with one attached hydrogen (secondary N) is 1. The zero-order chi connectivity index (χ0) is 23.0. The number of fused-ring (bicyclic) bond motifs is 1. The van der Waals surface area contributed by atoms with Crippen molar-refractivity contribution in [3.8, 4) is 0 Å². The molecule has 0 saturated heterocycles. The van der Waals surface area contributed by atoms with E-state index in [9.17, 15) is 14.4 Å². The van der Waals surface area contributed by atoms with Gasteiger partial charge < -0.3 is 15.0 Å². The zero-order valence-corrected chi connectivity index (χ0v) is 18.3. The molecule has 0 bridgehead atoms. The number of hydrogen-bond donors (Lipinski definition) is 1. The Morgan fingerprint density at radius 3 is 2.21 bits per heavy atom. The van der Waals surface area contributed by atoms with Crippen molar-refractivity contribution in [2.45, 2.75) is 25.4 Å². The summed E-state index contributed by atoms with van der Waals surface area (Å²) in [4.78, 5) is 39.9. The smallest absolute Gasteiger partial charge is 0.329 e. The van der Waals surface area contributed by atoms with Crippen molar-refractivity contribution in [3.63, 3.8) is 0 Å². The van der Waals surface area contributed by atoms with E-state index in [-0.39, 0.29) is 24.8 Å². The van der Waals surface area contributed by atoms with Crippen LogP contribution >= 0.6 is 0 Å². The number of benzene rings is 3. The van der Waals surface area contributed by atoms with Gasteiger partial charge in [-0.1, -0.05) is 72.8 Å². The minimum atomic E-state index is -0.907. The van der Waals surface area contributed by atoms with Crippen LogP contribution in [0.5, 0.6) is 0 Å². The lowest BCUT2D eigenvalue weighted by Crippen LogP contribution is -2.45. The maximum absolute atomic E-state index is 12.9. The first-order valence-corrected chi connectivity index (χ1v) is 11.0. The van der Waals surface area contributed by atoms with Gasteiger partial charge in [-0.15, -0.1) is 0 Å². The molecule has 1 aliphatic heterocycles. The lowest BCUT2D eigenvalue weighted by atomic mass is 10.00. The van der Waals surface area contributed by atoms with Crippen LogP contribution in [0.15, 0.2) is 84.9 Å². The average molecular weight is 443 g/mol. The molecule has 1 heterocycles. The van der Waals surface area contributed by atoms with Crippen molar-refractivity contribution in [2.24, 2.45) is 0 Å². The summed E-state index contributed by atoms with van der Waals surface area (Å²) >= 11 is 0. The van der Waals surface area contributed by atoms with Crippen molar-refractivity contribution < 1.29 is 19.1 Å². The summed E-state index contributed by atoms with van der Waals surface area (Å²) in [6.45, 7) is 0.740. The van der Waals surface area contributed by atoms with Gasteiger partial charge >= 0.3 is 5.97 Å². The summed E-state index contributed by atoms with van der Waals surface area (Å²) in [6.07, 6.45) is 1.04. The molecule has 0 spiro atoms. The molecule has 33 heavy (non-hydrogen) atoms. The minimum Gasteiger partial charge on any atom is -0.454 e. The Morgan fingerprint density at radius 1 is 0.848 bits per heavy atom. The number of rotatable bonds is 7. The molecule has 0 unspecified atom stereocenters. The minimum absolute atomic E-state index is 0.245. The van der Waals surface area contributed by atoms with Crippen molar-refractivity contribution in [1.82, 2.24) is 10.2 Å². The number of hydrogen-bond acceptors (Lipinski definition) is 4. The van der Waals surface area contributed by atoms with E-state index in [4.69, 9.17) is 4.74 Å². The molecule has 0 saturated carbocycles. The molecule has 0 aromatic heterocycles. The molecule has 6 heteroatoms. The van der Waals surface area contributed by atoms with Gasteiger partial charge in [0.05, 0.1) is 0 Å². The van der Waals surface area contributed by atoms with Crippen molar-refractivity contribution in [2.75, 3.05) is 13.2 Å². The Kier molecular flexibility index (Phi) is 7.15. The molecule has 168 valence electrons. The molecule has 3 aromatic carbocycles. The van der Waals surface area contributed by atoms with E-state index in [1.54, 1.807) is 29.2 Å². The lowest BCUT2D eigenvalue weighted by Gasteiger charge is -2.29. The molecular weight excluding hydrogens is 416 g/mol. The fourth-order valence-corrected chi connectivity index (χ4v) is 3.91. The number of esters is 1. The highest BCUT2D eigenvalue weighted by Crippen LogP contribution is 2.18. The maximum atomic E-state index is 12.9. The van der Waals surface area contributed by atoms with Crippen LogP contribution in [0.25, 0.3) is 0 Å². The highest BCUT2D eigenvalue weighted by molar-refractivity contribution is 5.97.